The lowest BCUT2D eigenvalue weighted by Gasteiger charge is -2.39. The highest BCUT2D eigenvalue weighted by molar-refractivity contribution is 7.84. The second-order valence-electron chi connectivity index (χ2n) is 6.38. The molecule has 2 atom stereocenters. The minimum Gasteiger partial charge on any atom is -0.328 e. The molecule has 0 radical (unpaired) electrons. The minimum absolute atomic E-state index is 0.0669. The Labute approximate surface area is 142 Å². The van der Waals surface area contributed by atoms with Crippen LogP contribution >= 0.6 is 0 Å². The predicted octanol–water partition coefficient (Wildman–Crippen LogP) is 4.24. The van der Waals surface area contributed by atoms with E-state index in [2.05, 4.69) is 6.92 Å². The molecule has 1 saturated heterocycles. The van der Waals surface area contributed by atoms with E-state index in [1.54, 1.807) is 0 Å². The first kappa shape index (κ1) is 18.2. The molecule has 1 aliphatic rings. The highest BCUT2D eigenvalue weighted by Gasteiger charge is 2.39. The predicted molar refractivity (Wildman–Crippen MR) is 96.4 cm³/mol. The van der Waals surface area contributed by atoms with Gasteiger partial charge in [-0.2, -0.15) is 0 Å². The van der Waals surface area contributed by atoms with E-state index in [0.717, 1.165) is 18.5 Å². The summed E-state index contributed by atoms with van der Waals surface area (Å²) in [5.41, 5.74) is 1.08. The number of carbonyl (C=O) groups is 1. The first-order chi connectivity index (χ1) is 11.2. The maximum atomic E-state index is 12.5. The van der Waals surface area contributed by atoms with Crippen LogP contribution in [0.25, 0.3) is 0 Å². The van der Waals surface area contributed by atoms with Crippen molar-refractivity contribution in [2.24, 2.45) is 0 Å². The van der Waals surface area contributed by atoms with Gasteiger partial charge in [0, 0.05) is 17.3 Å². The fourth-order valence-corrected chi connectivity index (χ4v) is 4.55. The summed E-state index contributed by atoms with van der Waals surface area (Å²) in [5, 5.41) is -0.0669. The zero-order chi connectivity index (χ0) is 16.5. The van der Waals surface area contributed by atoms with E-state index in [1.807, 2.05) is 35.2 Å². The number of carbonyl (C=O) groups excluding carboxylic acids is 1. The minimum atomic E-state index is -0.986. The molecule has 0 aliphatic carbocycles. The van der Waals surface area contributed by atoms with Crippen molar-refractivity contribution in [1.82, 2.24) is 4.90 Å². The third-order valence-electron chi connectivity index (χ3n) is 4.47. The molecule has 0 bridgehead atoms. The van der Waals surface area contributed by atoms with Crippen molar-refractivity contribution in [3.8, 4) is 0 Å². The number of amides is 1. The molecular weight excluding hydrogens is 306 g/mol. The molecule has 1 amide bonds. The summed E-state index contributed by atoms with van der Waals surface area (Å²) >= 11 is 0. The Morgan fingerprint density at radius 2 is 1.70 bits per heavy atom. The first-order valence-electron chi connectivity index (χ1n) is 8.93. The maximum Gasteiger partial charge on any atom is 0.226 e. The van der Waals surface area contributed by atoms with Crippen molar-refractivity contribution in [1.29, 1.82) is 0 Å². The zero-order valence-corrected chi connectivity index (χ0v) is 15.0. The van der Waals surface area contributed by atoms with Gasteiger partial charge in [-0.25, -0.2) is 0 Å². The Hall–Kier alpha value is -1.16. The van der Waals surface area contributed by atoms with Crippen molar-refractivity contribution in [2.45, 2.75) is 69.4 Å². The molecule has 0 saturated carbocycles. The molecule has 1 fully saturated rings. The van der Waals surface area contributed by atoms with E-state index in [-0.39, 0.29) is 11.3 Å². The van der Waals surface area contributed by atoms with Gasteiger partial charge in [0.15, 0.2) is 0 Å². The number of benzene rings is 1. The fourth-order valence-electron chi connectivity index (χ4n) is 3.00. The summed E-state index contributed by atoms with van der Waals surface area (Å²) in [4.78, 5) is 13.6. The van der Waals surface area contributed by atoms with Crippen LogP contribution in [0.1, 0.15) is 63.9 Å². The Bertz CT molecular complexity index is 503. The van der Waals surface area contributed by atoms with Crippen LogP contribution in [0.2, 0.25) is 0 Å². The van der Waals surface area contributed by atoms with E-state index >= 15 is 0 Å². The lowest BCUT2D eigenvalue weighted by atomic mass is 10.1. The molecular formula is C19H29NO2S. The summed E-state index contributed by atoms with van der Waals surface area (Å²) in [6, 6.07) is 9.90. The van der Waals surface area contributed by atoms with Gasteiger partial charge in [-0.3, -0.25) is 9.00 Å². The van der Waals surface area contributed by atoms with Gasteiger partial charge in [0.2, 0.25) is 5.91 Å². The van der Waals surface area contributed by atoms with Crippen LogP contribution in [0, 0.1) is 0 Å². The Kier molecular flexibility index (Phi) is 7.80. The van der Waals surface area contributed by atoms with Crippen molar-refractivity contribution in [3.05, 3.63) is 35.9 Å². The quantitative estimate of drug-likeness (QED) is 0.448. The number of likely N-dealkylation sites (tertiary alicyclic amines) is 1. The van der Waals surface area contributed by atoms with Crippen molar-refractivity contribution >= 4 is 16.7 Å². The van der Waals surface area contributed by atoms with E-state index in [1.165, 1.54) is 38.5 Å². The molecule has 23 heavy (non-hydrogen) atoms. The van der Waals surface area contributed by atoms with Crippen LogP contribution in [0.5, 0.6) is 0 Å². The average Bonchev–Trinajstić information content (AvgIpc) is 2.55. The summed E-state index contributed by atoms with van der Waals surface area (Å²) in [5.74, 6) is 0.717. The number of unbranched alkanes of at least 4 members (excludes halogenated alkanes) is 6. The Morgan fingerprint density at radius 1 is 1.04 bits per heavy atom. The molecule has 3 nitrogen and oxygen atoms in total. The van der Waals surface area contributed by atoms with Gasteiger partial charge in [0.1, 0.15) is 5.37 Å². The van der Waals surface area contributed by atoms with Crippen molar-refractivity contribution < 1.29 is 9.00 Å². The summed E-state index contributed by atoms with van der Waals surface area (Å²) in [6.07, 6.45) is 9.13. The third kappa shape index (κ3) is 5.76. The lowest BCUT2D eigenvalue weighted by Crippen LogP contribution is -2.55. The van der Waals surface area contributed by atoms with Gasteiger partial charge >= 0.3 is 0 Å². The number of β-lactam (4-membered cyclic amide) rings is 1. The monoisotopic (exact) mass is 335 g/mol. The zero-order valence-electron chi connectivity index (χ0n) is 14.2. The molecule has 1 heterocycles. The van der Waals surface area contributed by atoms with Gasteiger partial charge in [-0.1, -0.05) is 75.8 Å². The van der Waals surface area contributed by atoms with Gasteiger partial charge in [-0.05, 0) is 12.0 Å². The Morgan fingerprint density at radius 3 is 2.35 bits per heavy atom. The first-order valence-corrected chi connectivity index (χ1v) is 10.3. The Balaban J connectivity index is 1.67. The van der Waals surface area contributed by atoms with Crippen LogP contribution < -0.4 is 0 Å². The van der Waals surface area contributed by atoms with Crippen LogP contribution in [0.15, 0.2) is 30.3 Å². The standard InChI is InChI=1S/C19H29NO2S/c1-2-3-4-5-6-7-11-14-20-18(21)15-19(20)23(22)16-17-12-9-8-10-13-17/h8-10,12-13,19H,2-7,11,14-16H2,1H3. The molecule has 1 aromatic carbocycles. The molecule has 2 rings (SSSR count). The van der Waals surface area contributed by atoms with Gasteiger partial charge in [0.05, 0.1) is 12.2 Å². The molecule has 0 N–H and O–H groups in total. The molecule has 4 heteroatoms. The van der Waals surface area contributed by atoms with Gasteiger partial charge < -0.3 is 4.90 Å². The second-order valence-corrected chi connectivity index (χ2v) is 7.97. The molecule has 1 aromatic rings. The van der Waals surface area contributed by atoms with Gasteiger partial charge in [0.25, 0.3) is 0 Å². The molecule has 0 spiro atoms. The third-order valence-corrected chi connectivity index (χ3v) is 6.12. The smallest absolute Gasteiger partial charge is 0.226 e. The van der Waals surface area contributed by atoms with Crippen LogP contribution in [-0.4, -0.2) is 26.9 Å². The normalized spacial score (nSPS) is 18.7. The van der Waals surface area contributed by atoms with Crippen molar-refractivity contribution in [3.63, 3.8) is 0 Å². The van der Waals surface area contributed by atoms with Gasteiger partial charge in [-0.15, -0.1) is 0 Å². The number of rotatable bonds is 11. The maximum absolute atomic E-state index is 12.5. The molecule has 128 valence electrons. The fraction of sp³-hybridized carbons (Fsp3) is 0.632. The summed E-state index contributed by atoms with van der Waals surface area (Å²) in [7, 11) is -0.986. The topological polar surface area (TPSA) is 37.4 Å². The van der Waals surface area contributed by atoms with Crippen LogP contribution in [0.3, 0.4) is 0 Å². The summed E-state index contributed by atoms with van der Waals surface area (Å²) in [6.45, 7) is 3.00. The van der Waals surface area contributed by atoms with Crippen molar-refractivity contribution in [2.75, 3.05) is 6.54 Å². The number of hydrogen-bond acceptors (Lipinski definition) is 2. The molecule has 1 aliphatic heterocycles. The highest BCUT2D eigenvalue weighted by Crippen LogP contribution is 2.25. The lowest BCUT2D eigenvalue weighted by molar-refractivity contribution is -0.141. The average molecular weight is 336 g/mol. The van der Waals surface area contributed by atoms with E-state index in [0.29, 0.717) is 12.2 Å². The molecule has 2 unspecified atom stereocenters. The molecule has 0 aromatic heterocycles. The number of hydrogen-bond donors (Lipinski definition) is 0. The van der Waals surface area contributed by atoms with Crippen LogP contribution in [-0.2, 0) is 21.3 Å². The van der Waals surface area contributed by atoms with E-state index in [4.69, 9.17) is 0 Å². The number of nitrogens with zero attached hydrogens (tertiary/aromatic N) is 1. The second kappa shape index (κ2) is 9.86. The summed E-state index contributed by atoms with van der Waals surface area (Å²) < 4.78 is 12.5. The SMILES string of the molecule is CCCCCCCCCN1C(=O)CC1S(=O)Cc1ccccc1. The van der Waals surface area contributed by atoms with E-state index < -0.39 is 10.8 Å². The largest absolute Gasteiger partial charge is 0.328 e. The highest BCUT2D eigenvalue weighted by atomic mass is 32.2. The van der Waals surface area contributed by atoms with E-state index in [9.17, 15) is 9.00 Å². The van der Waals surface area contributed by atoms with Crippen LogP contribution in [0.4, 0.5) is 0 Å².